The molecule has 0 aliphatic rings. The fraction of sp³-hybridized carbons (Fsp3) is 0.167. The Morgan fingerprint density at radius 2 is 2.14 bits per heavy atom. The van der Waals surface area contributed by atoms with Gasteiger partial charge >= 0.3 is 12.1 Å². The average Bonchev–Trinajstić information content (AvgIpc) is 3.04. The fourth-order valence-corrected chi connectivity index (χ4v) is 3.89. The molecule has 9 heteroatoms. The van der Waals surface area contributed by atoms with E-state index in [2.05, 4.69) is 4.98 Å². The molecule has 3 heterocycles. The van der Waals surface area contributed by atoms with Gasteiger partial charge in [0.2, 0.25) is 0 Å². The number of nitrogens with zero attached hydrogens (tertiary/aromatic N) is 2. The third-order valence-corrected chi connectivity index (χ3v) is 4.83. The first kappa shape index (κ1) is 14.1. The fourth-order valence-electron chi connectivity index (χ4n) is 2.10. The molecule has 4 nitrogen and oxygen atoms in total. The Hall–Kier alpha value is -1.87. The number of carbonyl (C=O) groups is 1. The van der Waals surface area contributed by atoms with Gasteiger partial charge in [-0.15, -0.1) is 11.3 Å². The number of aryl methyl sites for hydroxylation is 1. The largest absolute Gasteiger partial charge is 0.477 e. The Labute approximate surface area is 124 Å². The molecule has 0 aromatic carbocycles. The van der Waals surface area contributed by atoms with Crippen molar-refractivity contribution in [3.05, 3.63) is 33.8 Å². The molecule has 0 amide bonds. The molecule has 21 heavy (non-hydrogen) atoms. The minimum Gasteiger partial charge on any atom is -0.477 e. The summed E-state index contributed by atoms with van der Waals surface area (Å²) in [5, 5.41) is 10.8. The summed E-state index contributed by atoms with van der Waals surface area (Å²) >= 11 is 1.89. The number of alkyl halides is 3. The highest BCUT2D eigenvalue weighted by atomic mass is 32.1. The Kier molecular flexibility index (Phi) is 3.06. The number of carboxylic acid groups (broad SMARTS) is 1. The highest BCUT2D eigenvalue weighted by Crippen LogP contribution is 2.40. The molecular formula is C12H7F3N2O2S2. The molecule has 0 spiro atoms. The molecular weight excluding hydrogens is 325 g/mol. The van der Waals surface area contributed by atoms with Gasteiger partial charge in [-0.25, -0.2) is 9.78 Å². The van der Waals surface area contributed by atoms with Gasteiger partial charge in [0.25, 0.3) is 0 Å². The van der Waals surface area contributed by atoms with Crippen LogP contribution in [0.1, 0.15) is 21.1 Å². The molecule has 1 N–H and O–H groups in total. The van der Waals surface area contributed by atoms with Gasteiger partial charge in [-0.2, -0.15) is 13.2 Å². The molecule has 0 atom stereocenters. The van der Waals surface area contributed by atoms with Crippen LogP contribution in [0.5, 0.6) is 0 Å². The van der Waals surface area contributed by atoms with Crippen LogP contribution in [-0.4, -0.2) is 20.5 Å². The number of carboxylic acids is 1. The lowest BCUT2D eigenvalue weighted by atomic mass is 10.3. The highest BCUT2D eigenvalue weighted by molar-refractivity contribution is 7.19. The molecule has 0 saturated heterocycles. The Balaban J connectivity index is 2.36. The third kappa shape index (κ3) is 2.12. The lowest BCUT2D eigenvalue weighted by Crippen LogP contribution is -2.14. The van der Waals surface area contributed by atoms with E-state index in [0.717, 1.165) is 9.28 Å². The zero-order valence-electron chi connectivity index (χ0n) is 10.4. The van der Waals surface area contributed by atoms with Gasteiger partial charge in [0, 0.05) is 5.69 Å². The molecule has 0 aliphatic carbocycles. The summed E-state index contributed by atoms with van der Waals surface area (Å²) in [6.45, 7) is 1.50. The van der Waals surface area contributed by atoms with Gasteiger partial charge in [0.1, 0.15) is 10.6 Å². The van der Waals surface area contributed by atoms with Crippen molar-refractivity contribution >= 4 is 33.6 Å². The maximum absolute atomic E-state index is 13.2. The molecule has 3 aromatic heterocycles. The van der Waals surface area contributed by atoms with Crippen molar-refractivity contribution in [2.45, 2.75) is 13.1 Å². The quantitative estimate of drug-likeness (QED) is 0.767. The first-order chi connectivity index (χ1) is 9.80. The van der Waals surface area contributed by atoms with E-state index in [1.54, 1.807) is 17.5 Å². The van der Waals surface area contributed by atoms with Crippen molar-refractivity contribution in [1.29, 1.82) is 0 Å². The zero-order chi connectivity index (χ0) is 15.4. The predicted molar refractivity (Wildman–Crippen MR) is 73.1 cm³/mol. The van der Waals surface area contributed by atoms with Gasteiger partial charge in [-0.1, -0.05) is 17.4 Å². The minimum atomic E-state index is -4.76. The van der Waals surface area contributed by atoms with E-state index in [9.17, 15) is 18.0 Å². The van der Waals surface area contributed by atoms with Crippen molar-refractivity contribution in [2.75, 3.05) is 0 Å². The number of aromatic nitrogens is 2. The van der Waals surface area contributed by atoms with Gasteiger partial charge in [-0.3, -0.25) is 4.40 Å². The summed E-state index contributed by atoms with van der Waals surface area (Å²) in [5.74, 6) is -1.60. The molecule has 0 unspecified atom stereocenters. The second-order valence-electron chi connectivity index (χ2n) is 4.22. The Bertz CT molecular complexity index is 831. The van der Waals surface area contributed by atoms with Crippen molar-refractivity contribution in [3.63, 3.8) is 0 Å². The Morgan fingerprint density at radius 3 is 2.67 bits per heavy atom. The number of thiophene rings is 1. The summed E-state index contributed by atoms with van der Waals surface area (Å²) in [6, 6.07) is 3.54. The standard InChI is InChI=1S/C12H7F3N2O2S2/c1-5-7(6-3-2-4-20-6)16-11-17(5)9(12(13,14)15)8(21-11)10(18)19/h2-4H,1H3,(H,18,19). The molecule has 110 valence electrons. The van der Waals surface area contributed by atoms with Crippen LogP contribution in [0.2, 0.25) is 0 Å². The van der Waals surface area contributed by atoms with Crippen molar-refractivity contribution in [3.8, 4) is 10.6 Å². The van der Waals surface area contributed by atoms with Crippen molar-refractivity contribution in [1.82, 2.24) is 9.38 Å². The number of hydrogen-bond donors (Lipinski definition) is 1. The second kappa shape index (κ2) is 4.57. The van der Waals surface area contributed by atoms with Crippen LogP contribution in [0, 0.1) is 6.92 Å². The van der Waals surface area contributed by atoms with E-state index < -0.39 is 22.7 Å². The zero-order valence-corrected chi connectivity index (χ0v) is 12.1. The van der Waals surface area contributed by atoms with Crippen LogP contribution >= 0.6 is 22.7 Å². The van der Waals surface area contributed by atoms with Crippen LogP contribution in [0.4, 0.5) is 13.2 Å². The lowest BCUT2D eigenvalue weighted by molar-refractivity contribution is -0.142. The monoisotopic (exact) mass is 332 g/mol. The Morgan fingerprint density at radius 1 is 1.43 bits per heavy atom. The molecule has 0 bridgehead atoms. The summed E-state index contributed by atoms with van der Waals surface area (Å²) in [4.78, 5) is 15.2. The maximum Gasteiger partial charge on any atom is 0.433 e. The van der Waals surface area contributed by atoms with E-state index in [0.29, 0.717) is 17.0 Å². The van der Waals surface area contributed by atoms with Crippen LogP contribution in [-0.2, 0) is 6.18 Å². The molecule has 0 aliphatic heterocycles. The lowest BCUT2D eigenvalue weighted by Gasteiger charge is -2.08. The second-order valence-corrected chi connectivity index (χ2v) is 6.15. The number of rotatable bonds is 2. The summed E-state index contributed by atoms with van der Waals surface area (Å²) in [5.41, 5.74) is -0.454. The van der Waals surface area contributed by atoms with E-state index >= 15 is 0 Å². The van der Waals surface area contributed by atoms with Crippen LogP contribution in [0.15, 0.2) is 17.5 Å². The van der Waals surface area contributed by atoms with E-state index in [-0.39, 0.29) is 10.7 Å². The number of hydrogen-bond acceptors (Lipinski definition) is 4. The highest BCUT2D eigenvalue weighted by Gasteiger charge is 2.41. The van der Waals surface area contributed by atoms with Crippen molar-refractivity contribution in [2.24, 2.45) is 0 Å². The number of aromatic carboxylic acids is 1. The first-order valence-electron chi connectivity index (χ1n) is 5.67. The number of fused-ring (bicyclic) bond motifs is 1. The molecule has 0 fully saturated rings. The summed E-state index contributed by atoms with van der Waals surface area (Å²) in [6.07, 6.45) is -4.76. The molecule has 0 radical (unpaired) electrons. The van der Waals surface area contributed by atoms with Crippen LogP contribution in [0.3, 0.4) is 0 Å². The molecule has 3 rings (SSSR count). The van der Waals surface area contributed by atoms with Crippen LogP contribution < -0.4 is 0 Å². The predicted octanol–water partition coefficient (Wildman–Crippen LogP) is 4.15. The van der Waals surface area contributed by atoms with E-state index in [1.165, 1.54) is 18.3 Å². The van der Waals surface area contributed by atoms with Gasteiger partial charge < -0.3 is 5.11 Å². The van der Waals surface area contributed by atoms with E-state index in [4.69, 9.17) is 5.11 Å². The topological polar surface area (TPSA) is 54.6 Å². The van der Waals surface area contributed by atoms with Gasteiger partial charge in [0.05, 0.1) is 4.88 Å². The molecule has 3 aromatic rings. The van der Waals surface area contributed by atoms with Crippen LogP contribution in [0.25, 0.3) is 15.5 Å². The number of thiazole rings is 1. The smallest absolute Gasteiger partial charge is 0.433 e. The number of halogens is 3. The summed E-state index contributed by atoms with van der Waals surface area (Å²) < 4.78 is 40.5. The normalized spacial score (nSPS) is 12.2. The SMILES string of the molecule is Cc1c(-c2cccs2)nc2sc(C(=O)O)c(C(F)(F)F)n12. The van der Waals surface area contributed by atoms with Gasteiger partial charge in [-0.05, 0) is 18.4 Å². The maximum atomic E-state index is 13.2. The molecule has 0 saturated carbocycles. The van der Waals surface area contributed by atoms with Crippen molar-refractivity contribution < 1.29 is 23.1 Å². The summed E-state index contributed by atoms with van der Waals surface area (Å²) in [7, 11) is 0. The van der Waals surface area contributed by atoms with E-state index in [1.807, 2.05) is 0 Å². The third-order valence-electron chi connectivity index (χ3n) is 2.93. The first-order valence-corrected chi connectivity index (χ1v) is 7.36. The minimum absolute atomic E-state index is 0.0284. The average molecular weight is 332 g/mol. The number of imidazole rings is 1. The van der Waals surface area contributed by atoms with Gasteiger partial charge in [0.15, 0.2) is 10.7 Å².